The van der Waals surface area contributed by atoms with Crippen LogP contribution in [0.2, 0.25) is 0 Å². The number of allylic oxidation sites excluding steroid dienone is 6. The van der Waals surface area contributed by atoms with Gasteiger partial charge >= 0.3 is 0 Å². The summed E-state index contributed by atoms with van der Waals surface area (Å²) in [4.78, 5) is 8.98. The first-order valence-electron chi connectivity index (χ1n) is 10.8. The van der Waals surface area contributed by atoms with E-state index in [0.29, 0.717) is 0 Å². The van der Waals surface area contributed by atoms with Gasteiger partial charge in [0.25, 0.3) is 0 Å². The first-order chi connectivity index (χ1) is 14.5. The van der Waals surface area contributed by atoms with Crippen LogP contribution in [-0.2, 0) is 44.8 Å². The number of aliphatic hydroxyl groups is 4. The number of hydrogen-bond donors (Lipinski definition) is 4. The molecule has 0 fully saturated rings. The molecule has 0 aromatic heterocycles. The van der Waals surface area contributed by atoms with Crippen LogP contribution in [0.4, 0.5) is 0 Å². The van der Waals surface area contributed by atoms with Gasteiger partial charge < -0.3 is 40.0 Å². The van der Waals surface area contributed by atoms with Crippen molar-refractivity contribution in [1.29, 1.82) is 0 Å². The molecule has 0 bridgehead atoms. The smallest absolute Gasteiger partial charge is 0.0892 e. The van der Waals surface area contributed by atoms with Crippen molar-refractivity contribution in [3.63, 3.8) is 0 Å². The van der Waals surface area contributed by atoms with Gasteiger partial charge in [-0.2, -0.15) is 0 Å². The molecule has 0 amide bonds. The third-order valence-corrected chi connectivity index (χ3v) is 5.15. The Bertz CT molecular complexity index is 594. The van der Waals surface area contributed by atoms with Gasteiger partial charge in [-0.3, -0.25) is 0 Å². The summed E-state index contributed by atoms with van der Waals surface area (Å²) in [7, 11) is 8.45. The van der Waals surface area contributed by atoms with E-state index in [2.05, 4.69) is 75.5 Å². The Balaban J connectivity index is -0.000000175. The summed E-state index contributed by atoms with van der Waals surface area (Å²) in [6, 6.07) is 0. The van der Waals surface area contributed by atoms with E-state index in [1.807, 2.05) is 0 Å². The second-order valence-electron chi connectivity index (χ2n) is 8.51. The van der Waals surface area contributed by atoms with Gasteiger partial charge in [0.05, 0.1) is 37.1 Å². The first-order valence-corrected chi connectivity index (χ1v) is 10.8. The van der Waals surface area contributed by atoms with Crippen LogP contribution in [0.3, 0.4) is 0 Å². The van der Waals surface area contributed by atoms with Crippen LogP contribution in [0.25, 0.3) is 0 Å². The molecule has 34 heavy (non-hydrogen) atoms. The van der Waals surface area contributed by atoms with Crippen LogP contribution in [0, 0.1) is 0 Å². The molecule has 2 aliphatic rings. The van der Waals surface area contributed by atoms with E-state index in [4.69, 9.17) is 20.4 Å². The molecule has 2 aliphatic heterocycles. The number of nitrogens with zero attached hydrogens (tertiary/aromatic N) is 4. The minimum absolute atomic E-state index is 0. The summed E-state index contributed by atoms with van der Waals surface area (Å²) >= 11 is 0. The second kappa shape index (κ2) is 20.4. The van der Waals surface area contributed by atoms with Gasteiger partial charge in [0.1, 0.15) is 0 Å². The topological polar surface area (TPSA) is 93.9 Å². The molecule has 2 unspecified atom stereocenters. The van der Waals surface area contributed by atoms with Crippen LogP contribution in [0.5, 0.6) is 0 Å². The fraction of sp³-hybridized carbons (Fsp3) is 0.667. The molecule has 0 aliphatic carbocycles. The molecule has 2 rings (SSSR count). The fourth-order valence-electron chi connectivity index (χ4n) is 2.86. The number of hydrogen-bond acceptors (Lipinski definition) is 8. The van der Waals surface area contributed by atoms with Crippen molar-refractivity contribution in [2.75, 3.05) is 41.5 Å². The molecular formula is C24H48Ag2N4O4. The monoisotopic (exact) mass is 670 g/mol. The maximum Gasteiger partial charge on any atom is 0.0892 e. The van der Waals surface area contributed by atoms with Gasteiger partial charge in [0.15, 0.2) is 0 Å². The van der Waals surface area contributed by atoms with E-state index < -0.39 is 12.2 Å². The van der Waals surface area contributed by atoms with Crippen molar-refractivity contribution in [2.45, 2.75) is 67.6 Å². The maximum atomic E-state index is 8.49. The summed E-state index contributed by atoms with van der Waals surface area (Å²) in [5, 5.41) is 33.8. The normalized spacial score (nSPS) is 17.5. The van der Waals surface area contributed by atoms with Crippen molar-refractivity contribution in [3.05, 3.63) is 46.5 Å². The number of rotatable bonds is 2. The van der Waals surface area contributed by atoms with Gasteiger partial charge in [-0.05, 0) is 67.5 Å². The average Bonchev–Trinajstić information content (AvgIpc) is 2.97. The molecular weight excluding hydrogens is 624 g/mol. The van der Waals surface area contributed by atoms with Crippen molar-refractivity contribution in [1.82, 2.24) is 19.6 Å². The Hall–Kier alpha value is -0.839. The van der Waals surface area contributed by atoms with Crippen LogP contribution in [-0.4, -0.2) is 93.8 Å². The third-order valence-electron chi connectivity index (χ3n) is 5.15. The molecule has 0 spiro atoms. The standard InChI is InChI=1S/2C7H14N2.2C5H10O2.2Ag/c2*1-6-7(2)9(4)5-8(6)3;2*1-4(6)3-5(2)7;;/h2*5H2,1-4H3;2*3-4,6-7H,1-2H3;;. The van der Waals surface area contributed by atoms with Gasteiger partial charge in [0, 0.05) is 95.7 Å². The fourth-order valence-corrected chi connectivity index (χ4v) is 2.86. The van der Waals surface area contributed by atoms with Crippen molar-refractivity contribution >= 4 is 0 Å². The van der Waals surface area contributed by atoms with Gasteiger partial charge in [-0.25, -0.2) is 0 Å². The van der Waals surface area contributed by atoms with Gasteiger partial charge in [0.2, 0.25) is 0 Å². The molecule has 8 nitrogen and oxygen atoms in total. The Labute approximate surface area is 239 Å². The van der Waals surface area contributed by atoms with Crippen molar-refractivity contribution in [3.8, 4) is 0 Å². The Morgan fingerprint density at radius 3 is 0.824 bits per heavy atom. The Morgan fingerprint density at radius 2 is 0.794 bits per heavy atom. The van der Waals surface area contributed by atoms with Crippen molar-refractivity contribution in [2.24, 2.45) is 0 Å². The van der Waals surface area contributed by atoms with Crippen molar-refractivity contribution < 1.29 is 65.2 Å². The van der Waals surface area contributed by atoms with E-state index in [1.165, 1.54) is 48.8 Å². The van der Waals surface area contributed by atoms with E-state index in [9.17, 15) is 0 Å². The van der Waals surface area contributed by atoms with Gasteiger partial charge in [-0.15, -0.1) is 0 Å². The minimum atomic E-state index is -0.537. The largest absolute Gasteiger partial charge is 0.513 e. The zero-order valence-electron chi connectivity index (χ0n) is 22.9. The van der Waals surface area contributed by atoms with Crippen LogP contribution in [0.15, 0.2) is 46.5 Å². The number of aliphatic hydroxyl groups excluding tert-OH is 4. The predicted molar refractivity (Wildman–Crippen MR) is 134 cm³/mol. The van der Waals surface area contributed by atoms with E-state index in [1.54, 1.807) is 13.8 Å². The molecule has 210 valence electrons. The minimum Gasteiger partial charge on any atom is -0.513 e. The quantitative estimate of drug-likeness (QED) is 0.260. The van der Waals surface area contributed by atoms with Crippen LogP contribution in [0.1, 0.15) is 55.4 Å². The summed E-state index contributed by atoms with van der Waals surface area (Å²) in [5.41, 5.74) is 5.55. The van der Waals surface area contributed by atoms with E-state index in [-0.39, 0.29) is 56.3 Å². The average molecular weight is 672 g/mol. The Kier molecular flexibility index (Phi) is 24.2. The van der Waals surface area contributed by atoms with Crippen LogP contribution >= 0.6 is 0 Å². The second-order valence-corrected chi connectivity index (χ2v) is 8.51. The summed E-state index contributed by atoms with van der Waals surface area (Å²) in [5.74, 6) is 0.324. The molecule has 4 N–H and O–H groups in total. The molecule has 0 saturated carbocycles. The van der Waals surface area contributed by atoms with Crippen LogP contribution < -0.4 is 0 Å². The van der Waals surface area contributed by atoms with E-state index in [0.717, 1.165) is 13.3 Å². The molecule has 2 radical (unpaired) electrons. The SMILES string of the molecule is CC(O)=CC(C)O.CC(O)=CC(C)O.CC1=C(C)N(C)CN1C.CC1=C(C)N(C)CN1C.[Ag].[Ag]. The molecule has 0 saturated heterocycles. The summed E-state index contributed by atoms with van der Waals surface area (Å²) in [6.45, 7) is 16.9. The first kappa shape index (κ1) is 40.3. The molecule has 2 atom stereocenters. The predicted octanol–water partition coefficient (Wildman–Crippen LogP) is 3.80. The summed E-state index contributed by atoms with van der Waals surface area (Å²) in [6.07, 6.45) is 1.65. The zero-order chi connectivity index (χ0) is 25.8. The maximum absolute atomic E-state index is 8.49. The Morgan fingerprint density at radius 1 is 0.618 bits per heavy atom. The zero-order valence-corrected chi connectivity index (χ0v) is 25.9. The van der Waals surface area contributed by atoms with E-state index >= 15 is 0 Å². The molecule has 10 heteroatoms. The molecule has 0 aromatic rings. The molecule has 0 aromatic carbocycles. The third kappa shape index (κ3) is 18.5. The summed E-state index contributed by atoms with van der Waals surface area (Å²) < 4.78 is 0. The van der Waals surface area contributed by atoms with Gasteiger partial charge in [-0.1, -0.05) is 0 Å². The molecule has 2 heterocycles.